The molecule has 0 aromatic heterocycles. The Bertz CT molecular complexity index is 183. The number of thioether (sulfide) groups is 1. The maximum absolute atomic E-state index is 3.65. The second-order valence-corrected chi connectivity index (χ2v) is 5.17. The molecule has 1 fully saturated rings. The van der Waals surface area contributed by atoms with Gasteiger partial charge in [-0.15, -0.1) is 0 Å². The fourth-order valence-electron chi connectivity index (χ4n) is 2.10. The van der Waals surface area contributed by atoms with Gasteiger partial charge in [-0.3, -0.25) is 0 Å². The van der Waals surface area contributed by atoms with Crippen molar-refractivity contribution in [3.8, 4) is 0 Å². The molecular weight excluding hydrogens is 178 g/mol. The van der Waals surface area contributed by atoms with Crippen molar-refractivity contribution in [2.24, 2.45) is 0 Å². The van der Waals surface area contributed by atoms with Crippen molar-refractivity contribution in [3.63, 3.8) is 0 Å². The van der Waals surface area contributed by atoms with Gasteiger partial charge in [-0.25, -0.2) is 0 Å². The highest BCUT2D eigenvalue weighted by molar-refractivity contribution is 7.99. The van der Waals surface area contributed by atoms with E-state index in [9.17, 15) is 0 Å². The van der Waals surface area contributed by atoms with Crippen molar-refractivity contribution < 1.29 is 0 Å². The van der Waals surface area contributed by atoms with E-state index < -0.39 is 0 Å². The third kappa shape index (κ3) is 3.03. The van der Waals surface area contributed by atoms with Crippen LogP contribution in [0.4, 0.5) is 0 Å². The van der Waals surface area contributed by atoms with Crippen LogP contribution >= 0.6 is 11.8 Å². The Balaban J connectivity index is 1.57. The topological polar surface area (TPSA) is 12.0 Å². The van der Waals surface area contributed by atoms with Crippen molar-refractivity contribution >= 4 is 11.8 Å². The summed E-state index contributed by atoms with van der Waals surface area (Å²) in [6.07, 6.45) is 9.19. The largest absolute Gasteiger partial charge is 0.313 e. The zero-order chi connectivity index (χ0) is 8.93. The number of allylic oxidation sites excluding steroid dienone is 1. The van der Waals surface area contributed by atoms with E-state index in [1.165, 1.54) is 50.2 Å². The van der Waals surface area contributed by atoms with E-state index in [1.54, 1.807) is 5.57 Å². The lowest BCUT2D eigenvalue weighted by Gasteiger charge is -2.10. The fourth-order valence-corrected chi connectivity index (χ4v) is 3.28. The summed E-state index contributed by atoms with van der Waals surface area (Å²) in [5.74, 6) is 2.69. The first-order valence-electron chi connectivity index (χ1n) is 5.44. The molecule has 0 aromatic rings. The van der Waals surface area contributed by atoms with Crippen molar-refractivity contribution in [1.82, 2.24) is 5.32 Å². The molecule has 2 heteroatoms. The summed E-state index contributed by atoms with van der Waals surface area (Å²) in [5, 5.41) is 3.65. The highest BCUT2D eigenvalue weighted by atomic mass is 32.2. The molecule has 0 spiro atoms. The van der Waals surface area contributed by atoms with E-state index in [2.05, 4.69) is 23.2 Å². The molecule has 1 aliphatic heterocycles. The van der Waals surface area contributed by atoms with E-state index in [0.717, 1.165) is 6.04 Å². The summed E-state index contributed by atoms with van der Waals surface area (Å²) in [5.41, 5.74) is 1.69. The molecule has 0 bridgehead atoms. The Labute approximate surface area is 85.4 Å². The molecule has 1 heterocycles. The van der Waals surface area contributed by atoms with Crippen LogP contribution in [0.5, 0.6) is 0 Å². The molecule has 1 N–H and O–H groups in total. The van der Waals surface area contributed by atoms with Crippen molar-refractivity contribution in [2.45, 2.75) is 38.1 Å². The zero-order valence-electron chi connectivity index (χ0n) is 8.22. The van der Waals surface area contributed by atoms with E-state index in [4.69, 9.17) is 0 Å². The number of rotatable bonds is 4. The van der Waals surface area contributed by atoms with Gasteiger partial charge in [0.25, 0.3) is 0 Å². The predicted octanol–water partition coefficient (Wildman–Crippen LogP) is 2.58. The van der Waals surface area contributed by atoms with Gasteiger partial charge in [0.2, 0.25) is 0 Å². The lowest BCUT2D eigenvalue weighted by molar-refractivity contribution is 0.557. The minimum atomic E-state index is 0.812. The lowest BCUT2D eigenvalue weighted by atomic mass is 10.1. The van der Waals surface area contributed by atoms with Gasteiger partial charge in [0.1, 0.15) is 0 Å². The summed E-state index contributed by atoms with van der Waals surface area (Å²) in [6, 6.07) is 0.812. The summed E-state index contributed by atoms with van der Waals surface area (Å²) < 4.78 is 0. The molecular formula is C11H19NS. The minimum Gasteiger partial charge on any atom is -0.313 e. The highest BCUT2D eigenvalue weighted by Crippen LogP contribution is 2.21. The molecule has 0 aromatic carbocycles. The molecule has 1 nitrogen and oxygen atoms in total. The van der Waals surface area contributed by atoms with Crippen LogP contribution < -0.4 is 5.32 Å². The third-order valence-corrected chi connectivity index (χ3v) is 4.11. The van der Waals surface area contributed by atoms with E-state index in [1.807, 2.05) is 0 Å². The summed E-state index contributed by atoms with van der Waals surface area (Å²) in [7, 11) is 0. The molecule has 1 aliphatic carbocycles. The average molecular weight is 197 g/mol. The van der Waals surface area contributed by atoms with Gasteiger partial charge in [-0.1, -0.05) is 11.6 Å². The van der Waals surface area contributed by atoms with Gasteiger partial charge < -0.3 is 5.32 Å². The number of hydrogen-bond donors (Lipinski definition) is 1. The Kier molecular flexibility index (Phi) is 3.74. The van der Waals surface area contributed by atoms with Gasteiger partial charge in [0, 0.05) is 11.8 Å². The van der Waals surface area contributed by atoms with Crippen molar-refractivity contribution in [2.75, 3.05) is 18.1 Å². The Morgan fingerprint density at radius 3 is 3.23 bits per heavy atom. The fraction of sp³-hybridized carbons (Fsp3) is 0.818. The van der Waals surface area contributed by atoms with Crippen LogP contribution in [0.3, 0.4) is 0 Å². The normalized spacial score (nSPS) is 28.0. The SMILES string of the molecule is C1=C(CCNC2CCSC2)CCC1. The standard InChI is InChI=1S/C11H19NS/c1-2-4-10(3-1)5-7-12-11-6-8-13-9-11/h3,11-12H,1-2,4-9H2. The van der Waals surface area contributed by atoms with E-state index >= 15 is 0 Å². The van der Waals surface area contributed by atoms with Crippen LogP contribution in [0.2, 0.25) is 0 Å². The average Bonchev–Trinajstić information content (AvgIpc) is 2.75. The maximum atomic E-state index is 3.65. The molecule has 0 radical (unpaired) electrons. The van der Waals surface area contributed by atoms with Gasteiger partial charge >= 0.3 is 0 Å². The van der Waals surface area contributed by atoms with Crippen LogP contribution in [0, 0.1) is 0 Å². The third-order valence-electron chi connectivity index (χ3n) is 2.94. The monoisotopic (exact) mass is 197 g/mol. The Hall–Kier alpha value is 0.0500. The lowest BCUT2D eigenvalue weighted by Crippen LogP contribution is -2.29. The minimum absolute atomic E-state index is 0.812. The molecule has 1 saturated heterocycles. The van der Waals surface area contributed by atoms with Crippen LogP contribution in [0.1, 0.15) is 32.1 Å². The van der Waals surface area contributed by atoms with E-state index in [-0.39, 0.29) is 0 Å². The first-order chi connectivity index (χ1) is 6.45. The van der Waals surface area contributed by atoms with Crippen LogP contribution in [0.15, 0.2) is 11.6 Å². The van der Waals surface area contributed by atoms with Crippen LogP contribution in [0.25, 0.3) is 0 Å². The summed E-state index contributed by atoms with van der Waals surface area (Å²) >= 11 is 2.09. The molecule has 2 aliphatic rings. The molecule has 0 saturated carbocycles. The zero-order valence-corrected chi connectivity index (χ0v) is 9.04. The molecule has 13 heavy (non-hydrogen) atoms. The number of nitrogens with one attached hydrogen (secondary N) is 1. The second kappa shape index (κ2) is 5.06. The van der Waals surface area contributed by atoms with Gasteiger partial charge in [-0.2, -0.15) is 11.8 Å². The number of hydrogen-bond acceptors (Lipinski definition) is 2. The summed E-state index contributed by atoms with van der Waals surface area (Å²) in [4.78, 5) is 0. The van der Waals surface area contributed by atoms with Crippen LogP contribution in [-0.4, -0.2) is 24.1 Å². The molecule has 0 amide bonds. The van der Waals surface area contributed by atoms with Crippen molar-refractivity contribution in [3.05, 3.63) is 11.6 Å². The smallest absolute Gasteiger partial charge is 0.0166 e. The van der Waals surface area contributed by atoms with Crippen molar-refractivity contribution in [1.29, 1.82) is 0 Å². The van der Waals surface area contributed by atoms with Crippen LogP contribution in [-0.2, 0) is 0 Å². The molecule has 2 rings (SSSR count). The molecule has 1 atom stereocenters. The second-order valence-electron chi connectivity index (χ2n) is 4.02. The predicted molar refractivity (Wildman–Crippen MR) is 60.3 cm³/mol. The molecule has 74 valence electrons. The van der Waals surface area contributed by atoms with E-state index in [0.29, 0.717) is 0 Å². The quantitative estimate of drug-likeness (QED) is 0.695. The van der Waals surface area contributed by atoms with Gasteiger partial charge in [0.05, 0.1) is 0 Å². The Morgan fingerprint density at radius 1 is 1.54 bits per heavy atom. The molecule has 1 unspecified atom stereocenters. The van der Waals surface area contributed by atoms with Gasteiger partial charge in [-0.05, 0) is 44.4 Å². The highest BCUT2D eigenvalue weighted by Gasteiger charge is 2.14. The summed E-state index contributed by atoms with van der Waals surface area (Å²) in [6.45, 7) is 1.21. The first kappa shape index (κ1) is 9.60. The maximum Gasteiger partial charge on any atom is 0.0166 e. The first-order valence-corrected chi connectivity index (χ1v) is 6.59. The van der Waals surface area contributed by atoms with Gasteiger partial charge in [0.15, 0.2) is 0 Å². The Morgan fingerprint density at radius 2 is 2.54 bits per heavy atom.